The zero-order chi connectivity index (χ0) is 14.4. The summed E-state index contributed by atoms with van der Waals surface area (Å²) in [4.78, 5) is 33.1. The number of hydrogen-bond acceptors (Lipinski definition) is 4. The number of hydrogen-bond donors (Lipinski definition) is 4. The van der Waals surface area contributed by atoms with Gasteiger partial charge in [-0.1, -0.05) is 0 Å². The molecular formula is C11H11IN2O5. The largest absolute Gasteiger partial charge is 0.507 e. The molecule has 0 atom stereocenters. The predicted molar refractivity (Wildman–Crippen MR) is 73.8 cm³/mol. The topological polar surface area (TPSA) is 116 Å². The highest BCUT2D eigenvalue weighted by Gasteiger charge is 2.13. The van der Waals surface area contributed by atoms with E-state index in [0.29, 0.717) is 0 Å². The van der Waals surface area contributed by atoms with E-state index in [9.17, 15) is 19.5 Å². The molecule has 102 valence electrons. The standard InChI is InChI=1S/C11H11IN2O5/c12-6-1-2-8(15)7(3-6)11(19)14-4-9(16)13-5-10(17)18/h1-3,15H,4-5H2,(H,13,16)(H,14,19)(H,17,18). The van der Waals surface area contributed by atoms with Crippen molar-refractivity contribution in [2.75, 3.05) is 13.1 Å². The van der Waals surface area contributed by atoms with Crippen LogP contribution in [0.3, 0.4) is 0 Å². The SMILES string of the molecule is O=C(O)CNC(=O)CNC(=O)c1cc(I)ccc1O. The van der Waals surface area contributed by atoms with Gasteiger partial charge in [-0.2, -0.15) is 0 Å². The van der Waals surface area contributed by atoms with Crippen LogP contribution in [-0.2, 0) is 9.59 Å². The minimum Gasteiger partial charge on any atom is -0.507 e. The molecule has 0 bridgehead atoms. The first-order chi connectivity index (χ1) is 8.90. The van der Waals surface area contributed by atoms with Crippen LogP contribution in [0.25, 0.3) is 0 Å². The van der Waals surface area contributed by atoms with Crippen LogP contribution < -0.4 is 10.6 Å². The Morgan fingerprint density at radius 3 is 2.47 bits per heavy atom. The molecule has 8 heteroatoms. The predicted octanol–water partition coefficient (Wildman–Crippen LogP) is -0.0726. The van der Waals surface area contributed by atoms with Gasteiger partial charge in [0.1, 0.15) is 12.3 Å². The molecule has 7 nitrogen and oxygen atoms in total. The first kappa shape index (κ1) is 15.2. The molecule has 19 heavy (non-hydrogen) atoms. The molecule has 0 radical (unpaired) electrons. The smallest absolute Gasteiger partial charge is 0.322 e. The molecule has 0 saturated heterocycles. The normalized spacial score (nSPS) is 9.74. The number of benzene rings is 1. The number of carboxylic acid groups (broad SMARTS) is 1. The number of rotatable bonds is 5. The lowest BCUT2D eigenvalue weighted by molar-refractivity contribution is -0.137. The Morgan fingerprint density at radius 2 is 1.84 bits per heavy atom. The highest BCUT2D eigenvalue weighted by Crippen LogP contribution is 2.19. The van der Waals surface area contributed by atoms with Crippen LogP contribution in [0.15, 0.2) is 18.2 Å². The van der Waals surface area contributed by atoms with Gasteiger partial charge in [-0.15, -0.1) is 0 Å². The summed E-state index contributed by atoms with van der Waals surface area (Å²) < 4.78 is 0.760. The molecular weight excluding hydrogens is 367 g/mol. The summed E-state index contributed by atoms with van der Waals surface area (Å²) in [7, 11) is 0. The minimum absolute atomic E-state index is 0.0536. The van der Waals surface area contributed by atoms with E-state index in [1.54, 1.807) is 6.07 Å². The Kier molecular flexibility index (Phi) is 5.55. The van der Waals surface area contributed by atoms with Crippen LogP contribution in [-0.4, -0.2) is 41.1 Å². The van der Waals surface area contributed by atoms with Gasteiger partial charge in [-0.25, -0.2) is 0 Å². The fourth-order valence-electron chi connectivity index (χ4n) is 1.18. The summed E-state index contributed by atoms with van der Waals surface area (Å²) in [5.74, 6) is -2.60. The van der Waals surface area contributed by atoms with Crippen LogP contribution in [0, 0.1) is 3.57 Å². The van der Waals surface area contributed by atoms with Gasteiger partial charge in [0, 0.05) is 3.57 Å². The van der Waals surface area contributed by atoms with E-state index in [4.69, 9.17) is 5.11 Å². The van der Waals surface area contributed by atoms with Crippen LogP contribution >= 0.6 is 22.6 Å². The Hall–Kier alpha value is -1.84. The fourth-order valence-corrected chi connectivity index (χ4v) is 1.67. The van der Waals surface area contributed by atoms with E-state index >= 15 is 0 Å². The number of carbonyl (C=O) groups excluding carboxylic acids is 2. The van der Waals surface area contributed by atoms with E-state index in [1.165, 1.54) is 12.1 Å². The zero-order valence-electron chi connectivity index (χ0n) is 9.64. The molecule has 0 aliphatic rings. The molecule has 1 rings (SSSR count). The molecule has 0 heterocycles. The molecule has 4 N–H and O–H groups in total. The summed E-state index contributed by atoms with van der Waals surface area (Å²) in [5, 5.41) is 22.2. The van der Waals surface area contributed by atoms with Gasteiger partial charge in [-0.3, -0.25) is 14.4 Å². The number of phenols is 1. The molecule has 0 spiro atoms. The number of phenolic OH excluding ortho intramolecular Hbond substituents is 1. The lowest BCUT2D eigenvalue weighted by Crippen LogP contribution is -2.39. The average molecular weight is 378 g/mol. The van der Waals surface area contributed by atoms with Gasteiger partial charge in [0.25, 0.3) is 5.91 Å². The second-order valence-electron chi connectivity index (χ2n) is 3.51. The van der Waals surface area contributed by atoms with E-state index < -0.39 is 24.3 Å². The second kappa shape index (κ2) is 6.92. The summed E-state index contributed by atoms with van der Waals surface area (Å²) >= 11 is 1.98. The minimum atomic E-state index is -1.17. The first-order valence-electron chi connectivity index (χ1n) is 5.15. The summed E-state index contributed by atoms with van der Waals surface area (Å²) in [6, 6.07) is 4.48. The maximum absolute atomic E-state index is 11.7. The van der Waals surface area contributed by atoms with Crippen molar-refractivity contribution in [3.05, 3.63) is 27.3 Å². The molecule has 0 aliphatic heterocycles. The number of nitrogens with one attached hydrogen (secondary N) is 2. The third-order valence-electron chi connectivity index (χ3n) is 2.05. The Bertz CT molecular complexity index is 518. The number of aliphatic carboxylic acids is 1. The number of carbonyl (C=O) groups is 3. The van der Waals surface area contributed by atoms with E-state index in [1.807, 2.05) is 22.6 Å². The third kappa shape index (κ3) is 5.12. The van der Waals surface area contributed by atoms with E-state index in [-0.39, 0.29) is 17.9 Å². The Morgan fingerprint density at radius 1 is 1.16 bits per heavy atom. The van der Waals surface area contributed by atoms with E-state index in [2.05, 4.69) is 10.6 Å². The molecule has 1 aromatic carbocycles. The first-order valence-corrected chi connectivity index (χ1v) is 6.23. The number of aromatic hydroxyl groups is 1. The van der Waals surface area contributed by atoms with Gasteiger partial charge in [0.15, 0.2) is 0 Å². The molecule has 1 aromatic rings. The maximum Gasteiger partial charge on any atom is 0.322 e. The molecule has 0 aromatic heterocycles. The van der Waals surface area contributed by atoms with Crippen LogP contribution in [0.2, 0.25) is 0 Å². The number of carboxylic acids is 1. The molecule has 0 saturated carbocycles. The van der Waals surface area contributed by atoms with E-state index in [0.717, 1.165) is 3.57 Å². The van der Waals surface area contributed by atoms with Gasteiger partial charge in [0.05, 0.1) is 12.1 Å². The zero-order valence-corrected chi connectivity index (χ0v) is 11.8. The van der Waals surface area contributed by atoms with Gasteiger partial charge in [-0.05, 0) is 40.8 Å². The second-order valence-corrected chi connectivity index (χ2v) is 4.76. The fraction of sp³-hybridized carbons (Fsp3) is 0.182. The number of halogens is 1. The average Bonchev–Trinajstić information content (AvgIpc) is 2.36. The third-order valence-corrected chi connectivity index (χ3v) is 2.72. The quantitative estimate of drug-likeness (QED) is 0.536. The monoisotopic (exact) mass is 378 g/mol. The highest BCUT2D eigenvalue weighted by atomic mass is 127. The van der Waals surface area contributed by atoms with Gasteiger partial charge < -0.3 is 20.8 Å². The van der Waals surface area contributed by atoms with Crippen molar-refractivity contribution in [1.29, 1.82) is 0 Å². The van der Waals surface area contributed by atoms with Crippen molar-refractivity contribution in [2.24, 2.45) is 0 Å². The highest BCUT2D eigenvalue weighted by molar-refractivity contribution is 14.1. The molecule has 0 unspecified atom stereocenters. The maximum atomic E-state index is 11.7. The van der Waals surface area contributed by atoms with Gasteiger partial charge in [0.2, 0.25) is 5.91 Å². The summed E-state index contributed by atoms with van der Waals surface area (Å²) in [6.45, 7) is -0.875. The lowest BCUT2D eigenvalue weighted by Gasteiger charge is -2.07. The summed E-state index contributed by atoms with van der Waals surface area (Å²) in [6.07, 6.45) is 0. The van der Waals surface area contributed by atoms with Crippen molar-refractivity contribution in [2.45, 2.75) is 0 Å². The van der Waals surface area contributed by atoms with Crippen molar-refractivity contribution in [3.8, 4) is 5.75 Å². The Labute approximate surface area is 122 Å². The molecule has 2 amide bonds. The molecule has 0 aliphatic carbocycles. The van der Waals surface area contributed by atoms with Crippen LogP contribution in [0.1, 0.15) is 10.4 Å². The lowest BCUT2D eigenvalue weighted by atomic mass is 10.2. The number of amides is 2. The molecule has 0 fully saturated rings. The van der Waals surface area contributed by atoms with Crippen LogP contribution in [0.4, 0.5) is 0 Å². The van der Waals surface area contributed by atoms with Crippen molar-refractivity contribution < 1.29 is 24.6 Å². The van der Waals surface area contributed by atoms with Crippen molar-refractivity contribution in [1.82, 2.24) is 10.6 Å². The van der Waals surface area contributed by atoms with Crippen molar-refractivity contribution >= 4 is 40.4 Å². The van der Waals surface area contributed by atoms with Crippen LogP contribution in [0.5, 0.6) is 5.75 Å². The van der Waals surface area contributed by atoms with Crippen molar-refractivity contribution in [3.63, 3.8) is 0 Å². The summed E-state index contributed by atoms with van der Waals surface area (Å²) in [5.41, 5.74) is 0.0536. The van der Waals surface area contributed by atoms with Gasteiger partial charge >= 0.3 is 5.97 Å². The Balaban J connectivity index is 2.53.